The first-order valence-corrected chi connectivity index (χ1v) is 7.40. The Balaban J connectivity index is 1.72. The maximum Gasteiger partial charge on any atom is 0.259 e. The fraction of sp³-hybridized carbons (Fsp3) is 0.0526. The summed E-state index contributed by atoms with van der Waals surface area (Å²) in [7, 11) is 0. The van der Waals surface area contributed by atoms with Crippen LogP contribution < -0.4 is 10.1 Å². The number of para-hydroxylation sites is 1. The monoisotopic (exact) mass is 322 g/mol. The molecular formula is C19H15FN2O2. The van der Waals surface area contributed by atoms with Gasteiger partial charge in [-0.05, 0) is 42.0 Å². The first kappa shape index (κ1) is 15.7. The van der Waals surface area contributed by atoms with E-state index in [0.717, 1.165) is 5.56 Å². The second-order valence-electron chi connectivity index (χ2n) is 5.11. The van der Waals surface area contributed by atoms with Crippen molar-refractivity contribution in [2.24, 2.45) is 0 Å². The minimum Gasteiger partial charge on any atom is -0.488 e. The van der Waals surface area contributed by atoms with Gasteiger partial charge in [0.05, 0.1) is 17.4 Å². The van der Waals surface area contributed by atoms with Crippen molar-refractivity contribution >= 4 is 11.6 Å². The molecule has 0 unspecified atom stereocenters. The summed E-state index contributed by atoms with van der Waals surface area (Å²) in [6.07, 6.45) is 3.20. The molecule has 1 N–H and O–H groups in total. The lowest BCUT2D eigenvalue weighted by Gasteiger charge is -2.11. The number of hydrogen-bond acceptors (Lipinski definition) is 3. The van der Waals surface area contributed by atoms with Crippen LogP contribution in [0.2, 0.25) is 0 Å². The van der Waals surface area contributed by atoms with Gasteiger partial charge in [0, 0.05) is 6.20 Å². The van der Waals surface area contributed by atoms with Crippen molar-refractivity contribution in [3.8, 4) is 5.75 Å². The molecule has 1 heterocycles. The van der Waals surface area contributed by atoms with E-state index >= 15 is 0 Å². The van der Waals surface area contributed by atoms with E-state index in [-0.39, 0.29) is 18.3 Å². The summed E-state index contributed by atoms with van der Waals surface area (Å²) in [5.41, 5.74) is 1.85. The average molecular weight is 322 g/mol. The highest BCUT2D eigenvalue weighted by atomic mass is 19.1. The molecule has 0 saturated heterocycles. The molecule has 0 saturated carbocycles. The molecule has 0 atom stereocenters. The summed E-state index contributed by atoms with van der Waals surface area (Å²) in [5, 5.41) is 2.77. The van der Waals surface area contributed by atoms with Crippen molar-refractivity contribution < 1.29 is 13.9 Å². The van der Waals surface area contributed by atoms with E-state index in [1.54, 1.807) is 60.9 Å². The van der Waals surface area contributed by atoms with Gasteiger partial charge in [-0.3, -0.25) is 9.78 Å². The molecule has 0 spiro atoms. The summed E-state index contributed by atoms with van der Waals surface area (Å²) in [4.78, 5) is 16.4. The third-order valence-corrected chi connectivity index (χ3v) is 3.36. The zero-order valence-corrected chi connectivity index (χ0v) is 12.8. The number of nitrogens with one attached hydrogen (secondary N) is 1. The number of ether oxygens (including phenoxy) is 1. The van der Waals surface area contributed by atoms with Crippen LogP contribution in [-0.4, -0.2) is 10.9 Å². The Kier molecular flexibility index (Phi) is 4.81. The van der Waals surface area contributed by atoms with E-state index in [4.69, 9.17) is 4.74 Å². The Labute approximate surface area is 138 Å². The van der Waals surface area contributed by atoms with Crippen LogP contribution in [0.15, 0.2) is 73.1 Å². The normalized spacial score (nSPS) is 10.2. The number of anilines is 1. The van der Waals surface area contributed by atoms with Crippen molar-refractivity contribution in [3.63, 3.8) is 0 Å². The molecule has 0 aliphatic carbocycles. The average Bonchev–Trinajstić information content (AvgIpc) is 2.62. The number of halogens is 1. The highest BCUT2D eigenvalue weighted by molar-refractivity contribution is 6.06. The quantitative estimate of drug-likeness (QED) is 0.771. The molecular weight excluding hydrogens is 307 g/mol. The third-order valence-electron chi connectivity index (χ3n) is 3.36. The Morgan fingerprint density at radius 3 is 2.58 bits per heavy atom. The number of pyridine rings is 1. The van der Waals surface area contributed by atoms with Crippen molar-refractivity contribution in [1.29, 1.82) is 0 Å². The predicted molar refractivity (Wildman–Crippen MR) is 89.4 cm³/mol. The number of carbonyl (C=O) groups excluding carboxylic acids is 1. The number of aromatic nitrogens is 1. The number of hydrogen-bond donors (Lipinski definition) is 1. The molecule has 1 amide bonds. The molecule has 120 valence electrons. The van der Waals surface area contributed by atoms with Crippen molar-refractivity contribution in [1.82, 2.24) is 4.98 Å². The predicted octanol–water partition coefficient (Wildman–Crippen LogP) is 4.05. The van der Waals surface area contributed by atoms with E-state index < -0.39 is 0 Å². The molecule has 4 nitrogen and oxygen atoms in total. The molecule has 0 fully saturated rings. The number of rotatable bonds is 5. The fourth-order valence-electron chi connectivity index (χ4n) is 2.16. The van der Waals surface area contributed by atoms with E-state index in [2.05, 4.69) is 10.3 Å². The Morgan fingerprint density at radius 2 is 1.83 bits per heavy atom. The van der Waals surface area contributed by atoms with Crippen molar-refractivity contribution in [3.05, 3.63) is 90.0 Å². The summed E-state index contributed by atoms with van der Waals surface area (Å²) in [6.45, 7) is 0.247. The minimum absolute atomic E-state index is 0.247. The van der Waals surface area contributed by atoms with Gasteiger partial charge in [0.25, 0.3) is 5.91 Å². The zero-order chi connectivity index (χ0) is 16.8. The zero-order valence-electron chi connectivity index (χ0n) is 12.8. The van der Waals surface area contributed by atoms with Crippen LogP contribution in [0.4, 0.5) is 10.1 Å². The van der Waals surface area contributed by atoms with Crippen LogP contribution in [0.1, 0.15) is 15.9 Å². The fourth-order valence-corrected chi connectivity index (χ4v) is 2.16. The van der Waals surface area contributed by atoms with Crippen LogP contribution in [0.5, 0.6) is 5.75 Å². The van der Waals surface area contributed by atoms with Gasteiger partial charge in [-0.25, -0.2) is 4.39 Å². The van der Waals surface area contributed by atoms with E-state index in [9.17, 15) is 9.18 Å². The van der Waals surface area contributed by atoms with Gasteiger partial charge < -0.3 is 10.1 Å². The van der Waals surface area contributed by atoms with E-state index in [1.807, 2.05) is 0 Å². The van der Waals surface area contributed by atoms with E-state index in [1.165, 1.54) is 12.1 Å². The molecule has 1 aromatic heterocycles. The minimum atomic E-state index is -0.296. The Morgan fingerprint density at radius 1 is 1.04 bits per heavy atom. The smallest absolute Gasteiger partial charge is 0.259 e. The van der Waals surface area contributed by atoms with Gasteiger partial charge >= 0.3 is 0 Å². The van der Waals surface area contributed by atoms with Crippen LogP contribution in [-0.2, 0) is 6.61 Å². The summed E-state index contributed by atoms with van der Waals surface area (Å²) in [5.74, 6) is -0.115. The molecule has 5 heteroatoms. The lowest BCUT2D eigenvalue weighted by Crippen LogP contribution is -2.13. The molecule has 24 heavy (non-hydrogen) atoms. The molecule has 0 bridgehead atoms. The Bertz CT molecular complexity index is 820. The van der Waals surface area contributed by atoms with Gasteiger partial charge in [-0.2, -0.15) is 0 Å². The summed E-state index contributed by atoms with van der Waals surface area (Å²) < 4.78 is 18.7. The second-order valence-corrected chi connectivity index (χ2v) is 5.11. The Hall–Kier alpha value is -3.21. The number of benzene rings is 2. The van der Waals surface area contributed by atoms with Gasteiger partial charge in [-0.1, -0.05) is 24.3 Å². The van der Waals surface area contributed by atoms with Gasteiger partial charge in [-0.15, -0.1) is 0 Å². The number of amides is 1. The van der Waals surface area contributed by atoms with Crippen LogP contribution in [0.3, 0.4) is 0 Å². The highest BCUT2D eigenvalue weighted by Gasteiger charge is 2.12. The first-order chi connectivity index (χ1) is 11.7. The van der Waals surface area contributed by atoms with Crippen molar-refractivity contribution in [2.45, 2.75) is 6.61 Å². The van der Waals surface area contributed by atoms with Crippen LogP contribution >= 0.6 is 0 Å². The van der Waals surface area contributed by atoms with Crippen LogP contribution in [0, 0.1) is 5.82 Å². The number of nitrogens with zero attached hydrogens (tertiary/aromatic N) is 1. The molecule has 3 aromatic rings. The lowest BCUT2D eigenvalue weighted by molar-refractivity contribution is 0.102. The van der Waals surface area contributed by atoms with E-state index in [0.29, 0.717) is 17.0 Å². The SMILES string of the molecule is O=C(Nc1cccnc1)c1ccccc1OCc1ccc(F)cc1. The topological polar surface area (TPSA) is 51.2 Å². The van der Waals surface area contributed by atoms with Gasteiger partial charge in [0.15, 0.2) is 0 Å². The summed E-state index contributed by atoms with van der Waals surface area (Å²) >= 11 is 0. The molecule has 0 radical (unpaired) electrons. The first-order valence-electron chi connectivity index (χ1n) is 7.40. The molecule has 0 aliphatic heterocycles. The largest absolute Gasteiger partial charge is 0.488 e. The number of carbonyl (C=O) groups is 1. The maximum atomic E-state index is 12.9. The van der Waals surface area contributed by atoms with Gasteiger partial charge in [0.2, 0.25) is 0 Å². The maximum absolute atomic E-state index is 12.9. The standard InChI is InChI=1S/C19H15FN2O2/c20-15-9-7-14(8-10-15)13-24-18-6-2-1-5-17(18)19(23)22-16-4-3-11-21-12-16/h1-12H,13H2,(H,22,23). The highest BCUT2D eigenvalue weighted by Crippen LogP contribution is 2.21. The second kappa shape index (κ2) is 7.37. The molecule has 3 rings (SSSR count). The van der Waals surface area contributed by atoms with Crippen molar-refractivity contribution in [2.75, 3.05) is 5.32 Å². The summed E-state index contributed by atoms with van der Waals surface area (Å²) in [6, 6.07) is 16.5. The molecule has 2 aromatic carbocycles. The lowest BCUT2D eigenvalue weighted by atomic mass is 10.2. The van der Waals surface area contributed by atoms with Crippen LogP contribution in [0.25, 0.3) is 0 Å². The van der Waals surface area contributed by atoms with Gasteiger partial charge in [0.1, 0.15) is 18.2 Å². The molecule has 0 aliphatic rings. The third kappa shape index (κ3) is 3.95.